The van der Waals surface area contributed by atoms with E-state index in [1.807, 2.05) is 24.3 Å². The molecular weight excluding hydrogens is 417 g/mol. The average Bonchev–Trinajstić information content (AvgIpc) is 2.98. The predicted octanol–water partition coefficient (Wildman–Crippen LogP) is 5.03. The van der Waals surface area contributed by atoms with E-state index in [0.29, 0.717) is 20.7 Å². The molecule has 1 amide bonds. The number of fused-ring (bicyclic) bond motifs is 1. The lowest BCUT2D eigenvalue weighted by molar-refractivity contribution is 0.0847. The summed E-state index contributed by atoms with van der Waals surface area (Å²) < 4.78 is 6.38. The summed E-state index contributed by atoms with van der Waals surface area (Å²) in [6, 6.07) is 12.5. The van der Waals surface area contributed by atoms with Gasteiger partial charge in [-0.15, -0.1) is 11.3 Å². The zero-order valence-electron chi connectivity index (χ0n) is 13.3. The maximum atomic E-state index is 12.3. The Morgan fingerprint density at radius 3 is 2.65 bits per heavy atom. The van der Waals surface area contributed by atoms with Gasteiger partial charge >= 0.3 is 0 Å². The van der Waals surface area contributed by atoms with Crippen LogP contribution in [0.2, 0.25) is 15.1 Å². The van der Waals surface area contributed by atoms with Crippen molar-refractivity contribution in [2.75, 3.05) is 13.2 Å². The van der Waals surface area contributed by atoms with Crippen LogP contribution in [0.1, 0.15) is 9.67 Å². The molecule has 3 aromatic rings. The van der Waals surface area contributed by atoms with Gasteiger partial charge in [-0.25, -0.2) is 0 Å². The Hall–Kier alpha value is -1.50. The second kappa shape index (κ2) is 8.46. The summed E-state index contributed by atoms with van der Waals surface area (Å²) in [4.78, 5) is 12.8. The lowest BCUT2D eigenvalue weighted by Gasteiger charge is -2.14. The second-order valence-electron chi connectivity index (χ2n) is 5.47. The van der Waals surface area contributed by atoms with Gasteiger partial charge in [-0.3, -0.25) is 4.79 Å². The molecule has 1 aromatic heterocycles. The summed E-state index contributed by atoms with van der Waals surface area (Å²) in [6.45, 7) is -0.0257. The van der Waals surface area contributed by atoms with E-state index < -0.39 is 6.10 Å². The molecule has 4 nitrogen and oxygen atoms in total. The Morgan fingerprint density at radius 2 is 1.88 bits per heavy atom. The lowest BCUT2D eigenvalue weighted by Crippen LogP contribution is -2.35. The Balaban J connectivity index is 1.57. The molecule has 0 spiro atoms. The van der Waals surface area contributed by atoms with Gasteiger partial charge in [0.15, 0.2) is 0 Å². The van der Waals surface area contributed by atoms with Crippen molar-refractivity contribution in [2.45, 2.75) is 6.10 Å². The van der Waals surface area contributed by atoms with Crippen molar-refractivity contribution in [3.8, 4) is 5.75 Å². The highest BCUT2D eigenvalue weighted by atomic mass is 35.5. The third-order valence-electron chi connectivity index (χ3n) is 3.59. The highest BCUT2D eigenvalue weighted by Crippen LogP contribution is 2.35. The van der Waals surface area contributed by atoms with E-state index in [9.17, 15) is 9.90 Å². The molecule has 0 saturated heterocycles. The smallest absolute Gasteiger partial charge is 0.263 e. The fourth-order valence-corrected chi connectivity index (χ4v) is 4.07. The third-order valence-corrected chi connectivity index (χ3v) is 6.06. The van der Waals surface area contributed by atoms with Gasteiger partial charge in [0.1, 0.15) is 28.4 Å². The highest BCUT2D eigenvalue weighted by Gasteiger charge is 2.18. The van der Waals surface area contributed by atoms with E-state index in [0.717, 1.165) is 10.1 Å². The van der Waals surface area contributed by atoms with Crippen LogP contribution in [0.3, 0.4) is 0 Å². The quantitative estimate of drug-likeness (QED) is 0.576. The largest absolute Gasteiger partial charge is 0.489 e. The summed E-state index contributed by atoms with van der Waals surface area (Å²) in [5, 5.41) is 14.6. The number of hydrogen-bond acceptors (Lipinski definition) is 4. The van der Waals surface area contributed by atoms with Crippen LogP contribution in [0, 0.1) is 0 Å². The minimum absolute atomic E-state index is 0.0155. The van der Waals surface area contributed by atoms with E-state index in [1.54, 1.807) is 18.2 Å². The number of benzene rings is 2. The molecule has 1 unspecified atom stereocenters. The van der Waals surface area contributed by atoms with Gasteiger partial charge < -0.3 is 15.2 Å². The highest BCUT2D eigenvalue weighted by molar-refractivity contribution is 7.21. The number of aliphatic hydroxyl groups excluding tert-OH is 1. The van der Waals surface area contributed by atoms with E-state index in [1.165, 1.54) is 11.3 Å². The van der Waals surface area contributed by atoms with Crippen molar-refractivity contribution in [3.63, 3.8) is 0 Å². The first-order valence-corrected chi connectivity index (χ1v) is 9.62. The van der Waals surface area contributed by atoms with Crippen LogP contribution < -0.4 is 10.1 Å². The number of nitrogens with one attached hydrogen (secondary N) is 1. The van der Waals surface area contributed by atoms with Crippen molar-refractivity contribution in [2.24, 2.45) is 0 Å². The summed E-state index contributed by atoms with van der Waals surface area (Å²) in [5.74, 6) is 0.0353. The molecule has 0 radical (unpaired) electrons. The summed E-state index contributed by atoms with van der Waals surface area (Å²) >= 11 is 19.5. The van der Waals surface area contributed by atoms with Gasteiger partial charge in [0, 0.05) is 16.6 Å². The van der Waals surface area contributed by atoms with Gasteiger partial charge in [0.05, 0.1) is 10.0 Å². The van der Waals surface area contributed by atoms with Crippen molar-refractivity contribution in [3.05, 3.63) is 62.4 Å². The molecule has 0 aliphatic carbocycles. The zero-order valence-corrected chi connectivity index (χ0v) is 16.4. The predicted molar refractivity (Wildman–Crippen MR) is 107 cm³/mol. The monoisotopic (exact) mass is 429 g/mol. The molecule has 0 fully saturated rings. The van der Waals surface area contributed by atoms with Crippen molar-refractivity contribution >= 4 is 62.1 Å². The van der Waals surface area contributed by atoms with Crippen molar-refractivity contribution in [1.82, 2.24) is 5.32 Å². The number of hydrogen-bond donors (Lipinski definition) is 2. The van der Waals surface area contributed by atoms with Gasteiger partial charge in [-0.1, -0.05) is 59.1 Å². The van der Waals surface area contributed by atoms with Crippen molar-refractivity contribution in [1.29, 1.82) is 0 Å². The molecule has 1 atom stereocenters. The maximum absolute atomic E-state index is 12.3. The number of amides is 1. The third kappa shape index (κ3) is 4.24. The molecule has 0 bridgehead atoms. The Labute approximate surface area is 169 Å². The molecule has 26 heavy (non-hydrogen) atoms. The van der Waals surface area contributed by atoms with Crippen LogP contribution in [-0.4, -0.2) is 30.3 Å². The Morgan fingerprint density at radius 1 is 1.12 bits per heavy atom. The molecule has 0 aliphatic rings. The summed E-state index contributed by atoms with van der Waals surface area (Å²) in [7, 11) is 0. The molecule has 0 aliphatic heterocycles. The number of halogens is 3. The molecular formula is C18H14Cl3NO3S. The average molecular weight is 431 g/mol. The van der Waals surface area contributed by atoms with E-state index in [4.69, 9.17) is 39.5 Å². The standard InChI is InChI=1S/C18H14Cl3NO3S/c19-12-5-3-6-13(16(12)21)25-9-10(23)8-22-18(24)17-15(20)11-4-1-2-7-14(11)26-17/h1-7,10,23H,8-9H2,(H,22,24). The number of carbonyl (C=O) groups excluding carboxylic acids is 1. The molecule has 2 aromatic carbocycles. The molecule has 3 rings (SSSR count). The maximum Gasteiger partial charge on any atom is 0.263 e. The zero-order chi connectivity index (χ0) is 18.7. The number of aliphatic hydroxyl groups is 1. The normalized spacial score (nSPS) is 12.2. The van der Waals surface area contributed by atoms with E-state index in [2.05, 4.69) is 5.32 Å². The number of carbonyl (C=O) groups is 1. The molecule has 136 valence electrons. The Bertz CT molecular complexity index is 945. The van der Waals surface area contributed by atoms with Crippen LogP contribution in [0.25, 0.3) is 10.1 Å². The van der Waals surface area contributed by atoms with E-state index >= 15 is 0 Å². The lowest BCUT2D eigenvalue weighted by atomic mass is 10.2. The molecule has 2 N–H and O–H groups in total. The Kier molecular flexibility index (Phi) is 6.27. The number of rotatable bonds is 6. The molecule has 0 saturated carbocycles. The van der Waals surface area contributed by atoms with Crippen LogP contribution in [-0.2, 0) is 0 Å². The van der Waals surface area contributed by atoms with Gasteiger partial charge in [-0.2, -0.15) is 0 Å². The van der Waals surface area contributed by atoms with Gasteiger partial charge in [0.25, 0.3) is 5.91 Å². The van der Waals surface area contributed by atoms with Crippen LogP contribution in [0.15, 0.2) is 42.5 Å². The van der Waals surface area contributed by atoms with Crippen LogP contribution >= 0.6 is 46.1 Å². The first-order valence-electron chi connectivity index (χ1n) is 7.67. The second-order valence-corrected chi connectivity index (χ2v) is 7.68. The summed E-state index contributed by atoms with van der Waals surface area (Å²) in [6.07, 6.45) is -0.915. The topological polar surface area (TPSA) is 58.6 Å². The van der Waals surface area contributed by atoms with Gasteiger partial charge in [-0.05, 0) is 18.2 Å². The van der Waals surface area contributed by atoms with E-state index in [-0.39, 0.29) is 24.1 Å². The number of ether oxygens (including phenoxy) is 1. The first-order chi connectivity index (χ1) is 12.5. The van der Waals surface area contributed by atoms with Crippen molar-refractivity contribution < 1.29 is 14.6 Å². The minimum atomic E-state index is -0.915. The van der Waals surface area contributed by atoms with Gasteiger partial charge in [0.2, 0.25) is 0 Å². The number of thiophene rings is 1. The minimum Gasteiger partial charge on any atom is -0.489 e. The van der Waals surface area contributed by atoms with Crippen LogP contribution in [0.5, 0.6) is 5.75 Å². The molecule has 1 heterocycles. The summed E-state index contributed by atoms with van der Waals surface area (Å²) in [5.41, 5.74) is 0. The SMILES string of the molecule is O=C(NCC(O)COc1cccc(Cl)c1Cl)c1sc2ccccc2c1Cl. The fraction of sp³-hybridized carbons (Fsp3) is 0.167. The van der Waals surface area contributed by atoms with Crippen LogP contribution in [0.4, 0.5) is 0 Å². The fourth-order valence-electron chi connectivity index (χ4n) is 2.29. The first kappa shape index (κ1) is 19.3. The molecule has 8 heteroatoms.